The molecule has 2 amide bonds. The summed E-state index contributed by atoms with van der Waals surface area (Å²) in [7, 11) is 0. The number of nitrogens with one attached hydrogen (secondary N) is 2. The van der Waals surface area contributed by atoms with Crippen LogP contribution in [0.4, 0.5) is 16.2 Å². The summed E-state index contributed by atoms with van der Waals surface area (Å²) in [5.74, 6) is 0. The Kier molecular flexibility index (Phi) is 6.14. The summed E-state index contributed by atoms with van der Waals surface area (Å²) in [6.45, 7) is 2.78. The fraction of sp³-hybridized carbons (Fsp3) is 0.238. The highest BCUT2D eigenvalue weighted by Gasteiger charge is 2.12. The van der Waals surface area contributed by atoms with Gasteiger partial charge in [-0.3, -0.25) is 4.98 Å². The maximum absolute atomic E-state index is 12.3. The van der Waals surface area contributed by atoms with Crippen molar-refractivity contribution in [1.82, 2.24) is 10.3 Å². The van der Waals surface area contributed by atoms with E-state index in [1.165, 1.54) is 18.5 Å². The summed E-state index contributed by atoms with van der Waals surface area (Å²) >= 11 is 0. The van der Waals surface area contributed by atoms with Gasteiger partial charge in [0.25, 0.3) is 0 Å². The van der Waals surface area contributed by atoms with Gasteiger partial charge < -0.3 is 15.5 Å². The predicted octanol–water partition coefficient (Wildman–Crippen LogP) is 4.58. The third-order valence-electron chi connectivity index (χ3n) is 4.79. The molecule has 0 spiro atoms. The van der Waals surface area contributed by atoms with Crippen molar-refractivity contribution in [2.75, 3.05) is 23.3 Å². The Balaban J connectivity index is 0.00000210. The molecule has 3 aromatic rings. The number of carbonyl (C=O) groups is 1. The third-order valence-corrected chi connectivity index (χ3v) is 4.79. The van der Waals surface area contributed by atoms with E-state index in [0.717, 1.165) is 35.1 Å². The second kappa shape index (κ2) is 8.73. The van der Waals surface area contributed by atoms with E-state index in [1.54, 1.807) is 12.4 Å². The Labute approximate surface area is 165 Å². The number of halogens is 1. The van der Waals surface area contributed by atoms with E-state index < -0.39 is 0 Å². The molecule has 1 aliphatic heterocycles. The molecular formula is C21H23ClN4O. The molecule has 0 atom stereocenters. The summed E-state index contributed by atoms with van der Waals surface area (Å²) in [6, 6.07) is 15.9. The summed E-state index contributed by atoms with van der Waals surface area (Å²) in [6.07, 6.45) is 6.06. The lowest BCUT2D eigenvalue weighted by atomic mass is 10.1. The number of urea groups is 1. The lowest BCUT2D eigenvalue weighted by molar-refractivity contribution is 0.252. The first-order chi connectivity index (χ1) is 12.8. The van der Waals surface area contributed by atoms with Crippen molar-refractivity contribution in [3.63, 3.8) is 0 Å². The molecule has 0 bridgehead atoms. The van der Waals surface area contributed by atoms with Gasteiger partial charge in [0, 0.05) is 48.5 Å². The molecule has 2 N–H and O–H groups in total. The van der Waals surface area contributed by atoms with Gasteiger partial charge in [0.2, 0.25) is 0 Å². The first-order valence-corrected chi connectivity index (χ1v) is 9.01. The number of amides is 2. The van der Waals surface area contributed by atoms with Gasteiger partial charge in [-0.25, -0.2) is 4.79 Å². The minimum Gasteiger partial charge on any atom is -0.372 e. The summed E-state index contributed by atoms with van der Waals surface area (Å²) in [5.41, 5.74) is 3.14. The van der Waals surface area contributed by atoms with Gasteiger partial charge in [-0.2, -0.15) is 0 Å². The number of benzene rings is 2. The van der Waals surface area contributed by atoms with Crippen LogP contribution in [0.25, 0.3) is 10.8 Å². The van der Waals surface area contributed by atoms with Crippen molar-refractivity contribution in [1.29, 1.82) is 0 Å². The second-order valence-electron chi connectivity index (χ2n) is 6.57. The molecule has 1 saturated heterocycles. The van der Waals surface area contributed by atoms with E-state index in [4.69, 9.17) is 0 Å². The smallest absolute Gasteiger partial charge is 0.319 e. The largest absolute Gasteiger partial charge is 0.372 e. The molecule has 140 valence electrons. The first-order valence-electron chi connectivity index (χ1n) is 9.01. The van der Waals surface area contributed by atoms with Crippen LogP contribution >= 0.6 is 12.4 Å². The SMILES string of the molecule is Cl.O=C(NCc1ccc(N2CCCC2)cc1)Nc1cccc2cnccc12. The molecule has 0 radical (unpaired) electrons. The topological polar surface area (TPSA) is 57.3 Å². The fourth-order valence-electron chi connectivity index (χ4n) is 3.38. The number of aromatic nitrogens is 1. The van der Waals surface area contributed by atoms with Crippen LogP contribution in [0.1, 0.15) is 18.4 Å². The number of rotatable bonds is 4. The van der Waals surface area contributed by atoms with Crippen LogP contribution in [-0.4, -0.2) is 24.1 Å². The first kappa shape index (κ1) is 19.0. The van der Waals surface area contributed by atoms with Gasteiger partial charge in [-0.15, -0.1) is 12.4 Å². The van der Waals surface area contributed by atoms with Crippen molar-refractivity contribution in [3.8, 4) is 0 Å². The quantitative estimate of drug-likeness (QED) is 0.694. The highest BCUT2D eigenvalue weighted by Crippen LogP contribution is 2.22. The van der Waals surface area contributed by atoms with Crippen molar-refractivity contribution < 1.29 is 4.79 Å². The molecule has 0 aliphatic carbocycles. The number of hydrogen-bond donors (Lipinski definition) is 2. The molecule has 2 aromatic carbocycles. The molecule has 1 aromatic heterocycles. The van der Waals surface area contributed by atoms with E-state index in [-0.39, 0.29) is 18.4 Å². The Morgan fingerprint density at radius 1 is 1.04 bits per heavy atom. The highest BCUT2D eigenvalue weighted by atomic mass is 35.5. The molecule has 2 heterocycles. The highest BCUT2D eigenvalue weighted by molar-refractivity contribution is 6.01. The summed E-state index contributed by atoms with van der Waals surface area (Å²) in [5, 5.41) is 7.83. The molecule has 0 unspecified atom stereocenters. The summed E-state index contributed by atoms with van der Waals surface area (Å²) in [4.78, 5) is 18.8. The molecule has 4 rings (SSSR count). The van der Waals surface area contributed by atoms with Crippen LogP contribution in [0.15, 0.2) is 60.9 Å². The monoisotopic (exact) mass is 382 g/mol. The molecule has 27 heavy (non-hydrogen) atoms. The Morgan fingerprint density at radius 3 is 2.59 bits per heavy atom. The van der Waals surface area contributed by atoms with Gasteiger partial charge >= 0.3 is 6.03 Å². The minimum absolute atomic E-state index is 0. The van der Waals surface area contributed by atoms with E-state index in [0.29, 0.717) is 6.54 Å². The Bertz CT molecular complexity index is 902. The van der Waals surface area contributed by atoms with Crippen LogP contribution < -0.4 is 15.5 Å². The van der Waals surface area contributed by atoms with E-state index in [9.17, 15) is 4.79 Å². The Hall–Kier alpha value is -2.79. The number of carbonyl (C=O) groups excluding carboxylic acids is 1. The second-order valence-corrected chi connectivity index (χ2v) is 6.57. The lowest BCUT2D eigenvalue weighted by Crippen LogP contribution is -2.28. The molecule has 6 heteroatoms. The van der Waals surface area contributed by atoms with E-state index in [2.05, 4.69) is 44.8 Å². The Morgan fingerprint density at radius 2 is 1.81 bits per heavy atom. The van der Waals surface area contributed by atoms with Crippen LogP contribution in [0.2, 0.25) is 0 Å². The maximum atomic E-state index is 12.3. The van der Waals surface area contributed by atoms with Crippen molar-refractivity contribution in [3.05, 3.63) is 66.5 Å². The predicted molar refractivity (Wildman–Crippen MR) is 113 cm³/mol. The average molecular weight is 383 g/mol. The standard InChI is InChI=1S/C21H22N4O.ClH/c26-21(24-20-5-3-4-17-15-22-11-10-19(17)20)23-14-16-6-8-18(9-7-16)25-12-1-2-13-25;/h3-11,15H,1-2,12-14H2,(H2,23,24,26);1H. The number of fused-ring (bicyclic) bond motifs is 1. The van der Waals surface area contributed by atoms with Gasteiger partial charge in [0.05, 0.1) is 5.69 Å². The molecule has 1 aliphatic rings. The van der Waals surface area contributed by atoms with Crippen molar-refractivity contribution in [2.45, 2.75) is 19.4 Å². The van der Waals surface area contributed by atoms with Crippen LogP contribution in [0.3, 0.4) is 0 Å². The van der Waals surface area contributed by atoms with Crippen LogP contribution in [0, 0.1) is 0 Å². The minimum atomic E-state index is -0.210. The average Bonchev–Trinajstić information content (AvgIpc) is 3.22. The zero-order valence-electron chi connectivity index (χ0n) is 15.0. The molecule has 0 saturated carbocycles. The summed E-state index contributed by atoms with van der Waals surface area (Å²) < 4.78 is 0. The molecular weight excluding hydrogens is 360 g/mol. The fourth-order valence-corrected chi connectivity index (χ4v) is 3.38. The number of anilines is 2. The van der Waals surface area contributed by atoms with Crippen LogP contribution in [-0.2, 0) is 6.54 Å². The molecule has 5 nitrogen and oxygen atoms in total. The lowest BCUT2D eigenvalue weighted by Gasteiger charge is -2.17. The maximum Gasteiger partial charge on any atom is 0.319 e. The third kappa shape index (κ3) is 4.49. The van der Waals surface area contributed by atoms with Gasteiger partial charge in [0.15, 0.2) is 0 Å². The van der Waals surface area contributed by atoms with Gasteiger partial charge in [-0.05, 0) is 42.7 Å². The zero-order valence-corrected chi connectivity index (χ0v) is 15.8. The van der Waals surface area contributed by atoms with Gasteiger partial charge in [-0.1, -0.05) is 24.3 Å². The van der Waals surface area contributed by atoms with Gasteiger partial charge in [0.1, 0.15) is 0 Å². The molecule has 1 fully saturated rings. The normalized spacial score (nSPS) is 13.3. The number of pyridine rings is 1. The van der Waals surface area contributed by atoms with E-state index >= 15 is 0 Å². The zero-order chi connectivity index (χ0) is 17.8. The van der Waals surface area contributed by atoms with Crippen LogP contribution in [0.5, 0.6) is 0 Å². The number of nitrogens with zero attached hydrogens (tertiary/aromatic N) is 2. The van der Waals surface area contributed by atoms with Crippen molar-refractivity contribution in [2.24, 2.45) is 0 Å². The van der Waals surface area contributed by atoms with Crippen molar-refractivity contribution >= 4 is 40.6 Å². The van der Waals surface area contributed by atoms with E-state index in [1.807, 2.05) is 24.3 Å². The number of hydrogen-bond acceptors (Lipinski definition) is 3.